The highest BCUT2D eigenvalue weighted by Crippen LogP contribution is 2.38. The van der Waals surface area contributed by atoms with Gasteiger partial charge in [0.05, 0.1) is 10.8 Å². The van der Waals surface area contributed by atoms with Crippen molar-refractivity contribution in [1.29, 1.82) is 0 Å². The molecule has 0 saturated heterocycles. The van der Waals surface area contributed by atoms with E-state index in [9.17, 15) is 48.3 Å². The van der Waals surface area contributed by atoms with Crippen LogP contribution in [-0.2, 0) is 5.31 Å². The van der Waals surface area contributed by atoms with Crippen molar-refractivity contribution < 1.29 is 52.7 Å². The molecule has 0 bridgehead atoms. The van der Waals surface area contributed by atoms with Crippen LogP contribution in [0, 0.1) is 69.8 Å². The topological polar surface area (TPSA) is 0 Å². The van der Waals surface area contributed by atoms with Gasteiger partial charge in [-0.05, 0) is 10.8 Å². The van der Waals surface area contributed by atoms with Gasteiger partial charge in [-0.25, -0.2) is 52.7 Å². The molecule has 0 fully saturated rings. The van der Waals surface area contributed by atoms with Crippen molar-refractivity contribution in [2.75, 3.05) is 0 Å². The molecule has 0 heterocycles. The third-order valence-corrected chi connectivity index (χ3v) is 6.04. The minimum atomic E-state index is -2.55. The highest BCUT2D eigenvalue weighted by molar-refractivity contribution is 6.57. The lowest BCUT2D eigenvalue weighted by Crippen LogP contribution is -2.44. The zero-order valence-electron chi connectivity index (χ0n) is 17.2. The van der Waals surface area contributed by atoms with Crippen molar-refractivity contribution >= 4 is 23.5 Å². The fourth-order valence-corrected chi connectivity index (χ4v) is 4.04. The summed E-state index contributed by atoms with van der Waals surface area (Å²) in [6, 6.07) is 0. The van der Waals surface area contributed by atoms with Crippen LogP contribution in [0.25, 0.3) is 10.8 Å². The van der Waals surface area contributed by atoms with Crippen molar-refractivity contribution in [2.24, 2.45) is 0 Å². The Morgan fingerprint density at radius 2 is 0.765 bits per heavy atom. The molecule has 34 heavy (non-hydrogen) atoms. The zero-order chi connectivity index (χ0) is 25.9. The fraction of sp³-hybridized carbons (Fsp3) is 0.238. The Hall–Kier alpha value is -2.86. The molecule has 0 atom stereocenters. The molecule has 0 aliphatic heterocycles. The van der Waals surface area contributed by atoms with Crippen LogP contribution in [0.3, 0.4) is 0 Å². The molecular formula is C21H11BF12. The normalized spacial score (nSPS) is 12.1. The molecule has 0 radical (unpaired) electrons. The van der Waals surface area contributed by atoms with E-state index >= 15 is 4.39 Å². The summed E-state index contributed by atoms with van der Waals surface area (Å²) >= 11 is 0. The Bertz CT molecular complexity index is 1300. The lowest BCUT2D eigenvalue weighted by atomic mass is 9.43. The number of hydrogen-bond acceptors (Lipinski definition) is 0. The molecule has 182 valence electrons. The predicted octanol–water partition coefficient (Wildman–Crippen LogP) is 6.29. The first kappa shape index (κ1) is 25.8. The second-order valence-corrected chi connectivity index (χ2v) is 7.54. The SMILES string of the molecule is CCC(Bc1c(F)c(F)c2c(F)c(F)c(F)c(F)c2c1F)(CC)c1c(F)c(F)c(F)c(F)c1F. The Morgan fingerprint density at radius 3 is 1.18 bits per heavy atom. The van der Waals surface area contributed by atoms with Crippen molar-refractivity contribution in [3.8, 4) is 0 Å². The number of halogens is 12. The van der Waals surface area contributed by atoms with Gasteiger partial charge in [-0.3, -0.25) is 0 Å². The van der Waals surface area contributed by atoms with E-state index in [-0.39, 0.29) is 0 Å². The van der Waals surface area contributed by atoms with Gasteiger partial charge < -0.3 is 0 Å². The van der Waals surface area contributed by atoms with Crippen LogP contribution in [-0.4, -0.2) is 7.28 Å². The van der Waals surface area contributed by atoms with Gasteiger partial charge >= 0.3 is 0 Å². The van der Waals surface area contributed by atoms with E-state index in [1.54, 1.807) is 0 Å². The summed E-state index contributed by atoms with van der Waals surface area (Å²) in [5, 5.41) is -6.01. The molecule has 0 aliphatic carbocycles. The fourth-order valence-electron chi connectivity index (χ4n) is 4.04. The Kier molecular flexibility index (Phi) is 6.62. The third kappa shape index (κ3) is 3.42. The van der Waals surface area contributed by atoms with E-state index in [2.05, 4.69) is 0 Å². The minimum Gasteiger partial charge on any atom is -0.207 e. The molecule has 0 nitrogen and oxygen atoms in total. The van der Waals surface area contributed by atoms with Gasteiger partial charge in [0.25, 0.3) is 0 Å². The van der Waals surface area contributed by atoms with E-state index in [1.165, 1.54) is 0 Å². The van der Waals surface area contributed by atoms with E-state index in [0.29, 0.717) is 0 Å². The van der Waals surface area contributed by atoms with E-state index in [0.717, 1.165) is 13.8 Å². The van der Waals surface area contributed by atoms with E-state index in [1.807, 2.05) is 0 Å². The lowest BCUT2D eigenvalue weighted by Gasteiger charge is -2.33. The molecule has 0 saturated carbocycles. The van der Waals surface area contributed by atoms with E-state index < -0.39 is 117 Å². The van der Waals surface area contributed by atoms with Gasteiger partial charge in [0.1, 0.15) is 5.82 Å². The first-order valence-electron chi connectivity index (χ1n) is 9.60. The quantitative estimate of drug-likeness (QED) is 0.167. The van der Waals surface area contributed by atoms with Gasteiger partial charge in [0.2, 0.25) is 5.82 Å². The van der Waals surface area contributed by atoms with Crippen LogP contribution < -0.4 is 5.46 Å². The average Bonchev–Trinajstić information content (AvgIpc) is 2.82. The third-order valence-electron chi connectivity index (χ3n) is 6.04. The van der Waals surface area contributed by atoms with Crippen LogP contribution >= 0.6 is 0 Å². The average molecular weight is 502 g/mol. The summed E-state index contributed by atoms with van der Waals surface area (Å²) in [5.41, 5.74) is -2.97. The Balaban J connectivity index is 2.42. The number of fused-ring (bicyclic) bond motifs is 1. The molecule has 13 heteroatoms. The molecule has 0 N–H and O–H groups in total. The van der Waals surface area contributed by atoms with Crippen LogP contribution in [0.1, 0.15) is 32.3 Å². The summed E-state index contributed by atoms with van der Waals surface area (Å²) in [6.07, 6.45) is -1.07. The molecule has 0 unspecified atom stereocenters. The maximum atomic E-state index is 15.1. The Labute approximate surface area is 184 Å². The maximum Gasteiger partial charge on any atom is 0.200 e. The summed E-state index contributed by atoms with van der Waals surface area (Å²) in [5.74, 6) is -28.5. The molecular weight excluding hydrogens is 491 g/mol. The van der Waals surface area contributed by atoms with Gasteiger partial charge in [-0.15, -0.1) is 0 Å². The van der Waals surface area contributed by atoms with Gasteiger partial charge in [0, 0.05) is 5.56 Å². The van der Waals surface area contributed by atoms with Crippen molar-refractivity contribution in [2.45, 2.75) is 32.0 Å². The van der Waals surface area contributed by atoms with Crippen molar-refractivity contribution in [1.82, 2.24) is 0 Å². The number of rotatable bonds is 5. The first-order chi connectivity index (χ1) is 15.8. The van der Waals surface area contributed by atoms with Crippen molar-refractivity contribution in [3.05, 3.63) is 75.4 Å². The molecule has 3 rings (SSSR count). The monoisotopic (exact) mass is 502 g/mol. The minimum absolute atomic E-state index is 0.533. The van der Waals surface area contributed by atoms with Gasteiger partial charge in [0.15, 0.2) is 65.5 Å². The second kappa shape index (κ2) is 8.73. The van der Waals surface area contributed by atoms with Crippen LogP contribution in [0.4, 0.5) is 52.7 Å². The molecule has 3 aromatic rings. The maximum absolute atomic E-state index is 15.1. The molecule has 0 amide bonds. The predicted molar refractivity (Wildman–Crippen MR) is 98.9 cm³/mol. The number of hydrogen-bond donors (Lipinski definition) is 0. The summed E-state index contributed by atoms with van der Waals surface area (Å²) < 4.78 is 170. The highest BCUT2D eigenvalue weighted by Gasteiger charge is 2.42. The molecule has 0 aromatic heterocycles. The second-order valence-electron chi connectivity index (χ2n) is 7.54. The molecule has 0 aliphatic rings. The van der Waals surface area contributed by atoms with Gasteiger partial charge in [-0.2, -0.15) is 0 Å². The van der Waals surface area contributed by atoms with Crippen LogP contribution in [0.5, 0.6) is 0 Å². The van der Waals surface area contributed by atoms with Crippen LogP contribution in [0.15, 0.2) is 0 Å². The summed E-state index contributed by atoms with van der Waals surface area (Å²) in [7, 11) is -1.32. The standard InChI is InChI=1S/C21H11BF12/c1-3-21(4-2,7-13(27)18(32)20(34)19(33)14(7)28)22-8-9(23)5-6(10(24)15(8)29)12(26)17(31)16(30)11(5)25/h22H,3-4H2,1-2H3. The van der Waals surface area contributed by atoms with Gasteiger partial charge in [-0.1, -0.05) is 26.7 Å². The lowest BCUT2D eigenvalue weighted by molar-refractivity contribution is 0.353. The first-order valence-corrected chi connectivity index (χ1v) is 9.60. The van der Waals surface area contributed by atoms with Crippen LogP contribution in [0.2, 0.25) is 0 Å². The largest absolute Gasteiger partial charge is 0.207 e. The summed E-state index contributed by atoms with van der Waals surface area (Å²) in [6.45, 7) is 2.31. The smallest absolute Gasteiger partial charge is 0.200 e. The number of benzene rings is 3. The summed E-state index contributed by atoms with van der Waals surface area (Å²) in [4.78, 5) is 0. The van der Waals surface area contributed by atoms with Crippen molar-refractivity contribution in [3.63, 3.8) is 0 Å². The molecule has 0 spiro atoms. The Morgan fingerprint density at radius 1 is 0.441 bits per heavy atom. The zero-order valence-corrected chi connectivity index (χ0v) is 17.2. The highest BCUT2D eigenvalue weighted by atomic mass is 19.2. The van der Waals surface area contributed by atoms with E-state index in [4.69, 9.17) is 0 Å². The molecule has 3 aromatic carbocycles.